The lowest BCUT2D eigenvalue weighted by molar-refractivity contribution is -0.140. The normalized spacial score (nSPS) is 24.4. The lowest BCUT2D eigenvalue weighted by atomic mass is 10.1. The number of benzene rings is 1. The number of carbonyl (C=O) groups excluding carboxylic acids is 2. The van der Waals surface area contributed by atoms with Gasteiger partial charge >= 0.3 is 6.03 Å². The summed E-state index contributed by atoms with van der Waals surface area (Å²) in [6, 6.07) is 3.23. The van der Waals surface area contributed by atoms with Gasteiger partial charge in [0.05, 0.1) is 5.02 Å². The number of carbonyl (C=O) groups is 2. The van der Waals surface area contributed by atoms with Crippen LogP contribution in [-0.4, -0.2) is 46.9 Å². The van der Waals surface area contributed by atoms with Gasteiger partial charge in [0, 0.05) is 24.8 Å². The van der Waals surface area contributed by atoms with E-state index < -0.39 is 11.9 Å². The van der Waals surface area contributed by atoms with Gasteiger partial charge in [-0.15, -0.1) is 0 Å². The molecule has 2 atom stereocenters. The third-order valence-electron chi connectivity index (χ3n) is 4.32. The van der Waals surface area contributed by atoms with E-state index in [1.807, 2.05) is 4.90 Å². The quantitative estimate of drug-likeness (QED) is 0.863. The van der Waals surface area contributed by atoms with Crippen LogP contribution in [0.4, 0.5) is 14.9 Å². The molecule has 2 saturated heterocycles. The number of halogens is 2. The number of fused-ring (bicyclic) bond motifs is 1. The van der Waals surface area contributed by atoms with Crippen LogP contribution in [0.2, 0.25) is 5.02 Å². The molecule has 1 aromatic rings. The van der Waals surface area contributed by atoms with E-state index in [2.05, 4.69) is 5.32 Å². The molecule has 2 fully saturated rings. The molecular weight excluding hydrogens is 309 g/mol. The Morgan fingerprint density at radius 2 is 2.23 bits per heavy atom. The van der Waals surface area contributed by atoms with Crippen LogP contribution < -0.4 is 5.32 Å². The fourth-order valence-corrected chi connectivity index (χ4v) is 3.28. The number of rotatable bonds is 1. The molecule has 1 aromatic carbocycles. The highest BCUT2D eigenvalue weighted by Crippen LogP contribution is 2.26. The second-order valence-corrected chi connectivity index (χ2v) is 6.12. The molecule has 0 saturated carbocycles. The number of piperazine rings is 1. The van der Waals surface area contributed by atoms with Gasteiger partial charge in [-0.1, -0.05) is 11.6 Å². The van der Waals surface area contributed by atoms with E-state index in [0.29, 0.717) is 12.2 Å². The Bertz CT molecular complexity index is 625. The van der Waals surface area contributed by atoms with Gasteiger partial charge in [-0.25, -0.2) is 9.18 Å². The maximum absolute atomic E-state index is 13.1. The third kappa shape index (κ3) is 2.63. The van der Waals surface area contributed by atoms with Crippen molar-refractivity contribution in [2.24, 2.45) is 0 Å². The van der Waals surface area contributed by atoms with Crippen molar-refractivity contribution in [1.29, 1.82) is 0 Å². The largest absolute Gasteiger partial charge is 0.336 e. The Labute approximate surface area is 133 Å². The minimum absolute atomic E-state index is 0.0129. The predicted octanol–water partition coefficient (Wildman–Crippen LogP) is 2.71. The fraction of sp³-hybridized carbons (Fsp3) is 0.467. The molecule has 5 nitrogen and oxygen atoms in total. The number of amides is 3. The number of urea groups is 1. The molecule has 22 heavy (non-hydrogen) atoms. The molecule has 2 heterocycles. The molecule has 2 aliphatic heterocycles. The van der Waals surface area contributed by atoms with E-state index >= 15 is 0 Å². The highest BCUT2D eigenvalue weighted by molar-refractivity contribution is 6.31. The van der Waals surface area contributed by atoms with Crippen LogP contribution in [0.15, 0.2) is 18.2 Å². The Kier molecular flexibility index (Phi) is 3.95. The summed E-state index contributed by atoms with van der Waals surface area (Å²) in [7, 11) is 0. The van der Waals surface area contributed by atoms with Crippen LogP contribution in [-0.2, 0) is 4.79 Å². The molecule has 0 aromatic heterocycles. The lowest BCUT2D eigenvalue weighted by Crippen LogP contribution is -2.60. The van der Waals surface area contributed by atoms with Gasteiger partial charge < -0.3 is 15.1 Å². The second-order valence-electron chi connectivity index (χ2n) is 5.72. The minimum Gasteiger partial charge on any atom is -0.336 e. The Hall–Kier alpha value is -1.82. The van der Waals surface area contributed by atoms with Crippen molar-refractivity contribution in [2.45, 2.75) is 31.8 Å². The number of anilines is 1. The van der Waals surface area contributed by atoms with Crippen LogP contribution in [0.5, 0.6) is 0 Å². The molecule has 0 radical (unpaired) electrons. The van der Waals surface area contributed by atoms with E-state index in [9.17, 15) is 14.0 Å². The molecule has 3 rings (SSSR count). The first-order valence-electron chi connectivity index (χ1n) is 7.30. The molecule has 0 aliphatic carbocycles. The van der Waals surface area contributed by atoms with Crippen LogP contribution in [0.3, 0.4) is 0 Å². The Balaban J connectivity index is 1.73. The second kappa shape index (κ2) is 5.76. The van der Waals surface area contributed by atoms with E-state index in [1.165, 1.54) is 23.1 Å². The molecule has 3 amide bonds. The van der Waals surface area contributed by atoms with Gasteiger partial charge in [-0.3, -0.25) is 4.79 Å². The maximum atomic E-state index is 13.1. The van der Waals surface area contributed by atoms with Gasteiger partial charge in [0.1, 0.15) is 11.9 Å². The molecule has 2 aliphatic rings. The van der Waals surface area contributed by atoms with E-state index in [1.54, 1.807) is 6.92 Å². The van der Waals surface area contributed by atoms with Crippen LogP contribution >= 0.6 is 11.6 Å². The van der Waals surface area contributed by atoms with Crippen molar-refractivity contribution < 1.29 is 14.0 Å². The van der Waals surface area contributed by atoms with Gasteiger partial charge in [0.15, 0.2) is 0 Å². The zero-order valence-corrected chi connectivity index (χ0v) is 12.9. The topological polar surface area (TPSA) is 52.7 Å². The summed E-state index contributed by atoms with van der Waals surface area (Å²) in [5, 5.41) is 2.62. The molecule has 7 heteroatoms. The minimum atomic E-state index is -0.539. The van der Waals surface area contributed by atoms with Gasteiger partial charge in [-0.2, -0.15) is 0 Å². The first-order chi connectivity index (χ1) is 10.5. The summed E-state index contributed by atoms with van der Waals surface area (Å²) in [4.78, 5) is 28.1. The van der Waals surface area contributed by atoms with Crippen molar-refractivity contribution in [2.75, 3.05) is 18.4 Å². The lowest BCUT2D eigenvalue weighted by Gasteiger charge is -2.41. The maximum Gasteiger partial charge on any atom is 0.322 e. The van der Waals surface area contributed by atoms with Crippen LogP contribution in [0.1, 0.15) is 19.8 Å². The summed E-state index contributed by atoms with van der Waals surface area (Å²) in [5.74, 6) is -0.552. The Morgan fingerprint density at radius 3 is 2.95 bits per heavy atom. The molecular formula is C15H17ClFN3O2. The van der Waals surface area contributed by atoms with Crippen molar-refractivity contribution in [1.82, 2.24) is 9.80 Å². The number of nitrogens with one attached hydrogen (secondary N) is 1. The zero-order chi connectivity index (χ0) is 15.9. The van der Waals surface area contributed by atoms with E-state index in [-0.39, 0.29) is 23.0 Å². The summed E-state index contributed by atoms with van der Waals surface area (Å²) in [6.07, 6.45) is 1.90. The summed E-state index contributed by atoms with van der Waals surface area (Å²) in [5.41, 5.74) is 0.407. The van der Waals surface area contributed by atoms with Crippen molar-refractivity contribution in [3.63, 3.8) is 0 Å². The van der Waals surface area contributed by atoms with Gasteiger partial charge in [-0.05, 0) is 38.0 Å². The molecule has 0 unspecified atom stereocenters. The van der Waals surface area contributed by atoms with Crippen LogP contribution in [0.25, 0.3) is 0 Å². The standard InChI is InChI=1S/C15H17ClFN3O2/c1-9-14(21)19-6-2-3-11(19)8-20(9)15(22)18-10-4-5-13(17)12(16)7-10/h4-5,7,9,11H,2-3,6,8H2,1H3,(H,18,22)/t9-,11-/m0/s1. The average molecular weight is 326 g/mol. The number of hydrogen-bond acceptors (Lipinski definition) is 2. The number of nitrogens with zero attached hydrogens (tertiary/aromatic N) is 2. The smallest absolute Gasteiger partial charge is 0.322 e. The van der Waals surface area contributed by atoms with Gasteiger partial charge in [0.25, 0.3) is 0 Å². The van der Waals surface area contributed by atoms with Crippen LogP contribution in [0, 0.1) is 5.82 Å². The molecule has 0 bridgehead atoms. The summed E-state index contributed by atoms with van der Waals surface area (Å²) >= 11 is 5.71. The van der Waals surface area contributed by atoms with Crippen molar-refractivity contribution >= 4 is 29.2 Å². The van der Waals surface area contributed by atoms with Crippen molar-refractivity contribution in [3.8, 4) is 0 Å². The monoisotopic (exact) mass is 325 g/mol. The first kappa shape index (κ1) is 15.1. The predicted molar refractivity (Wildman–Crippen MR) is 81.3 cm³/mol. The summed E-state index contributed by atoms with van der Waals surface area (Å²) in [6.45, 7) is 3.03. The highest BCUT2D eigenvalue weighted by Gasteiger charge is 2.42. The van der Waals surface area contributed by atoms with E-state index in [4.69, 9.17) is 11.6 Å². The zero-order valence-electron chi connectivity index (χ0n) is 12.2. The molecule has 1 N–H and O–H groups in total. The third-order valence-corrected chi connectivity index (χ3v) is 4.61. The van der Waals surface area contributed by atoms with Gasteiger partial charge in [0.2, 0.25) is 5.91 Å². The highest BCUT2D eigenvalue weighted by atomic mass is 35.5. The number of hydrogen-bond donors (Lipinski definition) is 1. The fourth-order valence-electron chi connectivity index (χ4n) is 3.10. The first-order valence-corrected chi connectivity index (χ1v) is 7.68. The molecule has 118 valence electrons. The average Bonchev–Trinajstić information content (AvgIpc) is 2.95. The SMILES string of the molecule is C[C@H]1C(=O)N2CCC[C@H]2CN1C(=O)Nc1ccc(F)c(Cl)c1. The summed E-state index contributed by atoms with van der Waals surface area (Å²) < 4.78 is 13.1. The van der Waals surface area contributed by atoms with Crippen molar-refractivity contribution in [3.05, 3.63) is 29.0 Å². The van der Waals surface area contributed by atoms with E-state index in [0.717, 1.165) is 19.4 Å². The molecule has 0 spiro atoms. The Morgan fingerprint density at radius 1 is 1.45 bits per heavy atom.